The molecule has 20 heavy (non-hydrogen) atoms. The Balaban J connectivity index is 2.02. The number of thiophene rings is 1. The van der Waals surface area contributed by atoms with Gasteiger partial charge in [-0.25, -0.2) is 0 Å². The summed E-state index contributed by atoms with van der Waals surface area (Å²) < 4.78 is 6.50. The van der Waals surface area contributed by atoms with Crippen molar-refractivity contribution in [2.24, 2.45) is 0 Å². The molecule has 3 rings (SSSR count). The van der Waals surface area contributed by atoms with Crippen molar-refractivity contribution in [1.29, 1.82) is 0 Å². The lowest BCUT2D eigenvalue weighted by Gasteiger charge is -2.04. The molecule has 0 radical (unpaired) electrons. The number of fused-ring (bicyclic) bond motifs is 1. The molecule has 0 amide bonds. The summed E-state index contributed by atoms with van der Waals surface area (Å²) in [6, 6.07) is 9.65. The molecule has 0 fully saturated rings. The van der Waals surface area contributed by atoms with Crippen LogP contribution in [0, 0.1) is 0 Å². The molecule has 2 aromatic heterocycles. The fourth-order valence-corrected chi connectivity index (χ4v) is 3.04. The Morgan fingerprint density at radius 1 is 1.30 bits per heavy atom. The second kappa shape index (κ2) is 5.43. The molecule has 1 aromatic carbocycles. The van der Waals surface area contributed by atoms with Crippen LogP contribution >= 0.6 is 11.3 Å². The van der Waals surface area contributed by atoms with E-state index in [2.05, 4.69) is 4.98 Å². The standard InChI is InChI=1S/C16H13NO2S/c1-2-19-12-7-11(8-17-9-12)16(18)14-10-20-15-6-4-3-5-13(14)15/h3-10H,2H2,1H3. The Morgan fingerprint density at radius 3 is 3.00 bits per heavy atom. The van der Waals surface area contributed by atoms with Crippen molar-refractivity contribution in [3.8, 4) is 5.75 Å². The molecule has 0 atom stereocenters. The molecular weight excluding hydrogens is 270 g/mol. The molecule has 0 spiro atoms. The number of benzene rings is 1. The molecule has 0 saturated heterocycles. The highest BCUT2D eigenvalue weighted by molar-refractivity contribution is 7.17. The van der Waals surface area contributed by atoms with E-state index in [0.29, 0.717) is 17.9 Å². The quantitative estimate of drug-likeness (QED) is 0.681. The highest BCUT2D eigenvalue weighted by Gasteiger charge is 2.15. The zero-order valence-electron chi connectivity index (χ0n) is 11.0. The first-order valence-corrected chi connectivity index (χ1v) is 7.26. The van der Waals surface area contributed by atoms with Gasteiger partial charge in [-0.2, -0.15) is 0 Å². The van der Waals surface area contributed by atoms with Gasteiger partial charge in [0.1, 0.15) is 5.75 Å². The molecule has 2 heterocycles. The summed E-state index contributed by atoms with van der Waals surface area (Å²) in [5.41, 5.74) is 1.28. The number of pyridine rings is 1. The average Bonchev–Trinajstić information content (AvgIpc) is 2.91. The van der Waals surface area contributed by atoms with E-state index in [1.165, 1.54) is 0 Å². The van der Waals surface area contributed by atoms with Gasteiger partial charge < -0.3 is 4.74 Å². The van der Waals surface area contributed by atoms with Crippen LogP contribution in [0.4, 0.5) is 0 Å². The Hall–Kier alpha value is -2.20. The lowest BCUT2D eigenvalue weighted by Crippen LogP contribution is -2.02. The van der Waals surface area contributed by atoms with Gasteiger partial charge >= 0.3 is 0 Å². The van der Waals surface area contributed by atoms with Gasteiger partial charge in [0.15, 0.2) is 5.78 Å². The van der Waals surface area contributed by atoms with E-state index in [9.17, 15) is 4.79 Å². The smallest absolute Gasteiger partial charge is 0.196 e. The van der Waals surface area contributed by atoms with Crippen LogP contribution in [0.1, 0.15) is 22.8 Å². The molecule has 0 saturated carbocycles. The summed E-state index contributed by atoms with van der Waals surface area (Å²) in [6.07, 6.45) is 3.20. The monoisotopic (exact) mass is 283 g/mol. The van der Waals surface area contributed by atoms with Crippen LogP contribution in [0.15, 0.2) is 48.1 Å². The lowest BCUT2D eigenvalue weighted by atomic mass is 10.0. The summed E-state index contributed by atoms with van der Waals surface area (Å²) in [5.74, 6) is 0.606. The highest BCUT2D eigenvalue weighted by Crippen LogP contribution is 2.28. The topological polar surface area (TPSA) is 39.2 Å². The van der Waals surface area contributed by atoms with Gasteiger partial charge in [-0.05, 0) is 19.1 Å². The van der Waals surface area contributed by atoms with Crippen LogP contribution < -0.4 is 4.74 Å². The molecule has 3 aromatic rings. The van der Waals surface area contributed by atoms with Crippen LogP contribution in [-0.2, 0) is 0 Å². The number of hydrogen-bond acceptors (Lipinski definition) is 4. The first kappa shape index (κ1) is 12.8. The summed E-state index contributed by atoms with van der Waals surface area (Å²) in [4.78, 5) is 16.7. The molecule has 0 unspecified atom stereocenters. The number of carbonyl (C=O) groups excluding carboxylic acids is 1. The van der Waals surface area contributed by atoms with E-state index in [1.54, 1.807) is 29.8 Å². The SMILES string of the molecule is CCOc1cncc(C(=O)c2csc3ccccc23)c1. The second-order valence-corrected chi connectivity index (χ2v) is 5.23. The third-order valence-electron chi connectivity index (χ3n) is 3.01. The summed E-state index contributed by atoms with van der Waals surface area (Å²) in [6.45, 7) is 2.46. The molecule has 0 aliphatic heterocycles. The number of aromatic nitrogens is 1. The molecule has 0 aliphatic rings. The number of ketones is 1. The van der Waals surface area contributed by atoms with Gasteiger partial charge in [-0.1, -0.05) is 18.2 Å². The molecule has 0 bridgehead atoms. The van der Waals surface area contributed by atoms with Crippen molar-refractivity contribution >= 4 is 27.2 Å². The minimum Gasteiger partial charge on any atom is -0.492 e. The Labute approximate surface area is 120 Å². The van der Waals surface area contributed by atoms with E-state index < -0.39 is 0 Å². The van der Waals surface area contributed by atoms with Crippen molar-refractivity contribution in [1.82, 2.24) is 4.98 Å². The van der Waals surface area contributed by atoms with E-state index in [-0.39, 0.29) is 5.78 Å². The largest absolute Gasteiger partial charge is 0.492 e. The van der Waals surface area contributed by atoms with Crippen molar-refractivity contribution in [2.45, 2.75) is 6.92 Å². The van der Waals surface area contributed by atoms with Crippen LogP contribution in [0.25, 0.3) is 10.1 Å². The van der Waals surface area contributed by atoms with Crippen LogP contribution in [0.2, 0.25) is 0 Å². The number of ether oxygens (including phenoxy) is 1. The van der Waals surface area contributed by atoms with Crippen LogP contribution in [-0.4, -0.2) is 17.4 Å². The molecule has 100 valence electrons. The minimum atomic E-state index is -0.0171. The summed E-state index contributed by atoms with van der Waals surface area (Å²) in [5, 5.41) is 2.89. The fourth-order valence-electron chi connectivity index (χ4n) is 2.10. The zero-order valence-corrected chi connectivity index (χ0v) is 11.8. The normalized spacial score (nSPS) is 10.7. The zero-order chi connectivity index (χ0) is 13.9. The maximum Gasteiger partial charge on any atom is 0.196 e. The summed E-state index contributed by atoms with van der Waals surface area (Å²) in [7, 11) is 0. The van der Waals surface area contributed by atoms with E-state index in [4.69, 9.17) is 4.74 Å². The third-order valence-corrected chi connectivity index (χ3v) is 3.98. The maximum absolute atomic E-state index is 12.6. The van der Waals surface area contributed by atoms with Gasteiger partial charge in [0.05, 0.1) is 12.8 Å². The van der Waals surface area contributed by atoms with Gasteiger partial charge in [-0.3, -0.25) is 9.78 Å². The third kappa shape index (κ3) is 2.30. The Bertz CT molecular complexity index is 764. The number of hydrogen-bond donors (Lipinski definition) is 0. The van der Waals surface area contributed by atoms with E-state index >= 15 is 0 Å². The first-order chi connectivity index (χ1) is 9.79. The molecule has 0 aliphatic carbocycles. The molecule has 4 heteroatoms. The predicted molar refractivity (Wildman–Crippen MR) is 80.7 cm³/mol. The lowest BCUT2D eigenvalue weighted by molar-refractivity contribution is 0.104. The average molecular weight is 283 g/mol. The van der Waals surface area contributed by atoms with Crippen molar-refractivity contribution in [2.75, 3.05) is 6.61 Å². The number of carbonyl (C=O) groups is 1. The molecule has 0 N–H and O–H groups in total. The van der Waals surface area contributed by atoms with Crippen molar-refractivity contribution in [3.63, 3.8) is 0 Å². The highest BCUT2D eigenvalue weighted by atomic mass is 32.1. The number of nitrogens with zero attached hydrogens (tertiary/aromatic N) is 1. The van der Waals surface area contributed by atoms with Crippen LogP contribution in [0.5, 0.6) is 5.75 Å². The van der Waals surface area contributed by atoms with Crippen molar-refractivity contribution < 1.29 is 9.53 Å². The summed E-state index contributed by atoms with van der Waals surface area (Å²) >= 11 is 1.58. The molecular formula is C16H13NO2S. The second-order valence-electron chi connectivity index (χ2n) is 4.32. The molecule has 3 nitrogen and oxygen atoms in total. The first-order valence-electron chi connectivity index (χ1n) is 6.38. The fraction of sp³-hybridized carbons (Fsp3) is 0.125. The van der Waals surface area contributed by atoms with Gasteiger partial charge in [0.2, 0.25) is 0 Å². The number of rotatable bonds is 4. The predicted octanol–water partition coefficient (Wildman–Crippen LogP) is 3.93. The van der Waals surface area contributed by atoms with Gasteiger partial charge in [0.25, 0.3) is 0 Å². The Kier molecular flexibility index (Phi) is 3.48. The Morgan fingerprint density at radius 2 is 2.15 bits per heavy atom. The van der Waals surface area contributed by atoms with Gasteiger partial charge in [-0.15, -0.1) is 11.3 Å². The van der Waals surface area contributed by atoms with Crippen molar-refractivity contribution in [3.05, 3.63) is 59.2 Å². The van der Waals surface area contributed by atoms with Gasteiger partial charge in [0, 0.05) is 32.8 Å². The van der Waals surface area contributed by atoms with E-state index in [0.717, 1.165) is 15.6 Å². The van der Waals surface area contributed by atoms with Crippen LogP contribution in [0.3, 0.4) is 0 Å². The van der Waals surface area contributed by atoms with E-state index in [1.807, 2.05) is 36.6 Å². The maximum atomic E-state index is 12.6. The minimum absolute atomic E-state index is 0.0171.